The van der Waals surface area contributed by atoms with Crippen LogP contribution in [0.1, 0.15) is 26.7 Å². The summed E-state index contributed by atoms with van der Waals surface area (Å²) >= 11 is 0. The van der Waals surface area contributed by atoms with E-state index in [9.17, 15) is 13.0 Å². The molecule has 0 saturated heterocycles. The summed E-state index contributed by atoms with van der Waals surface area (Å²) in [5.74, 6) is 0. The second-order valence-corrected chi connectivity index (χ2v) is 7.37. The lowest BCUT2D eigenvalue weighted by molar-refractivity contribution is 0.383. The third-order valence-corrected chi connectivity index (χ3v) is 6.14. The van der Waals surface area contributed by atoms with Crippen LogP contribution in [0, 0.1) is 0 Å². The molecule has 0 aliphatic heterocycles. The summed E-state index contributed by atoms with van der Waals surface area (Å²) in [5, 5.41) is 0. The fraction of sp³-hybridized carbons (Fsp3) is 0.750. The van der Waals surface area contributed by atoms with Crippen LogP contribution in [0.3, 0.4) is 0 Å². The van der Waals surface area contributed by atoms with Crippen LogP contribution in [-0.2, 0) is 14.6 Å². The largest absolute Gasteiger partial charge is 0.368 e. The van der Waals surface area contributed by atoms with Gasteiger partial charge in [-0.2, -0.15) is 0 Å². The normalized spacial score (nSPS) is 12.9. The van der Waals surface area contributed by atoms with Crippen LogP contribution >= 0.6 is 7.60 Å². The van der Waals surface area contributed by atoms with E-state index in [2.05, 4.69) is 0 Å². The zero-order chi connectivity index (χ0) is 13.1. The molecule has 0 heterocycles. The molecule has 0 rings (SSSR count). The number of hydrogen-bond acceptors (Lipinski definition) is 3. The highest BCUT2D eigenvalue weighted by Crippen LogP contribution is 2.51. The molecule has 16 heavy (non-hydrogen) atoms. The van der Waals surface area contributed by atoms with Gasteiger partial charge in [0.2, 0.25) is 0 Å². The summed E-state index contributed by atoms with van der Waals surface area (Å²) in [7, 11) is -6.37. The molecule has 2 N–H and O–H groups in total. The lowest BCUT2D eigenvalue weighted by atomic mass is 10.2. The Kier molecular flexibility index (Phi) is 5.35. The molecule has 0 aliphatic rings. The smallest absolute Gasteiger partial charge is 0.321 e. The summed E-state index contributed by atoms with van der Waals surface area (Å²) < 4.78 is 35.0. The summed E-state index contributed by atoms with van der Waals surface area (Å²) in [4.78, 5) is 18.3. The molecular weight excluding hydrogens is 253 g/mol. The molecule has 0 radical (unpaired) electrons. The van der Waals surface area contributed by atoms with Gasteiger partial charge >= 0.3 is 7.60 Å². The lowest BCUT2D eigenvalue weighted by Gasteiger charge is -2.18. The zero-order valence-corrected chi connectivity index (χ0v) is 11.5. The second-order valence-electron chi connectivity index (χ2n) is 3.45. The van der Waals surface area contributed by atoms with E-state index in [-0.39, 0.29) is 5.57 Å². The van der Waals surface area contributed by atoms with E-state index in [0.717, 1.165) is 4.31 Å². The van der Waals surface area contributed by atoms with Gasteiger partial charge in [0.05, 0.1) is 0 Å². The number of rotatable bonds is 5. The van der Waals surface area contributed by atoms with Gasteiger partial charge < -0.3 is 9.79 Å². The Hall–Kier alpha value is -0.200. The molecule has 0 fully saturated rings. The summed E-state index contributed by atoms with van der Waals surface area (Å²) in [6.45, 7) is 3.33. The first-order valence-electron chi connectivity index (χ1n) is 4.79. The Bertz CT molecular complexity index is 414. The topological polar surface area (TPSA) is 94.9 Å². The van der Waals surface area contributed by atoms with Gasteiger partial charge in [-0.15, -0.1) is 0 Å². The summed E-state index contributed by atoms with van der Waals surface area (Å²) in [6.07, 6.45) is 0.591. The van der Waals surface area contributed by atoms with Gasteiger partial charge in [-0.05, 0) is 18.4 Å². The number of hydrogen-bond donors (Lipinski definition) is 2. The lowest BCUT2D eigenvalue weighted by Crippen LogP contribution is -2.24. The number of nitrogens with zero attached hydrogens (tertiary/aromatic N) is 1. The van der Waals surface area contributed by atoms with E-state index in [1.807, 2.05) is 0 Å². The molecule has 0 amide bonds. The van der Waals surface area contributed by atoms with E-state index in [0.29, 0.717) is 12.8 Å². The molecule has 8 heteroatoms. The Morgan fingerprint density at radius 2 is 1.56 bits per heavy atom. The first-order valence-corrected chi connectivity index (χ1v) is 7.84. The second kappa shape index (κ2) is 5.42. The highest BCUT2D eigenvalue weighted by molar-refractivity contribution is 8.01. The minimum Gasteiger partial charge on any atom is -0.321 e. The van der Waals surface area contributed by atoms with Crippen molar-refractivity contribution in [3.05, 3.63) is 10.2 Å². The minimum absolute atomic E-state index is 0.266. The van der Waals surface area contributed by atoms with Crippen molar-refractivity contribution in [3.63, 3.8) is 0 Å². The predicted molar refractivity (Wildman–Crippen MR) is 62.3 cm³/mol. The van der Waals surface area contributed by atoms with Crippen molar-refractivity contribution < 1.29 is 22.8 Å². The predicted octanol–water partition coefficient (Wildman–Crippen LogP) is 1.09. The van der Waals surface area contributed by atoms with Crippen molar-refractivity contribution >= 4 is 17.6 Å². The van der Waals surface area contributed by atoms with Gasteiger partial charge in [-0.25, -0.2) is 12.7 Å². The van der Waals surface area contributed by atoms with E-state index < -0.39 is 22.3 Å². The van der Waals surface area contributed by atoms with Crippen molar-refractivity contribution in [1.82, 2.24) is 4.31 Å². The molecule has 0 unspecified atom stereocenters. The van der Waals surface area contributed by atoms with E-state index >= 15 is 0 Å². The Morgan fingerprint density at radius 1 is 1.19 bits per heavy atom. The standard InChI is InChI=1S/C8H18NO5PS/c1-5-7(6-2)8(15(10,11)12)16(13,14)9(3)4/h5-6H2,1-4H3,(H2,10,11,12). The van der Waals surface area contributed by atoms with E-state index in [4.69, 9.17) is 9.79 Å². The van der Waals surface area contributed by atoms with Crippen molar-refractivity contribution in [3.8, 4) is 0 Å². The van der Waals surface area contributed by atoms with Crippen molar-refractivity contribution in [1.29, 1.82) is 0 Å². The van der Waals surface area contributed by atoms with E-state index in [1.54, 1.807) is 13.8 Å². The van der Waals surface area contributed by atoms with Gasteiger partial charge in [-0.1, -0.05) is 13.8 Å². The van der Waals surface area contributed by atoms with Crippen molar-refractivity contribution in [2.75, 3.05) is 14.1 Å². The van der Waals surface area contributed by atoms with Crippen molar-refractivity contribution in [2.24, 2.45) is 0 Å². The first-order chi connectivity index (χ1) is 7.08. The molecule has 96 valence electrons. The maximum absolute atomic E-state index is 11.8. The maximum atomic E-state index is 11.8. The monoisotopic (exact) mass is 271 g/mol. The quantitative estimate of drug-likeness (QED) is 0.730. The fourth-order valence-electron chi connectivity index (χ4n) is 1.26. The molecule has 0 aromatic heterocycles. The Morgan fingerprint density at radius 3 is 1.75 bits per heavy atom. The van der Waals surface area contributed by atoms with Gasteiger partial charge in [0, 0.05) is 14.1 Å². The van der Waals surface area contributed by atoms with Crippen LogP contribution in [-0.4, -0.2) is 36.6 Å². The minimum atomic E-state index is -4.79. The Balaban J connectivity index is 6.04. The number of sulfonamides is 1. The maximum Gasteiger partial charge on any atom is 0.368 e. The highest BCUT2D eigenvalue weighted by Gasteiger charge is 2.37. The van der Waals surface area contributed by atoms with Gasteiger partial charge in [-0.3, -0.25) is 4.57 Å². The average Bonchev–Trinajstić information content (AvgIpc) is 2.10. The van der Waals surface area contributed by atoms with Crippen LogP contribution in [0.2, 0.25) is 0 Å². The van der Waals surface area contributed by atoms with Crippen LogP contribution < -0.4 is 0 Å². The van der Waals surface area contributed by atoms with Gasteiger partial charge in [0.15, 0.2) is 4.65 Å². The van der Waals surface area contributed by atoms with Crippen LogP contribution in [0.4, 0.5) is 0 Å². The molecule has 0 aromatic rings. The molecule has 0 aromatic carbocycles. The SMILES string of the molecule is CCC(CC)=C(P(=O)(O)O)S(=O)(=O)N(C)C. The van der Waals surface area contributed by atoms with E-state index in [1.165, 1.54) is 14.1 Å². The van der Waals surface area contributed by atoms with Crippen LogP contribution in [0.25, 0.3) is 0 Å². The molecule has 6 nitrogen and oxygen atoms in total. The van der Waals surface area contributed by atoms with Crippen LogP contribution in [0.5, 0.6) is 0 Å². The fourth-order valence-corrected chi connectivity index (χ4v) is 4.68. The molecular formula is C8H18NO5PS. The molecule has 0 saturated carbocycles. The summed E-state index contributed by atoms with van der Waals surface area (Å²) in [5.41, 5.74) is 0.266. The molecule has 0 aliphatic carbocycles. The Labute approximate surface area is 96.2 Å². The van der Waals surface area contributed by atoms with Gasteiger partial charge in [0.25, 0.3) is 10.0 Å². The zero-order valence-electron chi connectivity index (χ0n) is 9.84. The third-order valence-electron chi connectivity index (χ3n) is 2.15. The molecule has 0 atom stereocenters. The highest BCUT2D eigenvalue weighted by atomic mass is 32.2. The summed E-state index contributed by atoms with van der Waals surface area (Å²) in [6, 6.07) is 0. The van der Waals surface area contributed by atoms with Crippen molar-refractivity contribution in [2.45, 2.75) is 26.7 Å². The third kappa shape index (κ3) is 3.40. The van der Waals surface area contributed by atoms with Crippen LogP contribution in [0.15, 0.2) is 10.2 Å². The van der Waals surface area contributed by atoms with Gasteiger partial charge in [0.1, 0.15) is 0 Å². The first kappa shape index (κ1) is 15.8. The average molecular weight is 271 g/mol. The number of allylic oxidation sites excluding steroid dienone is 1. The molecule has 0 spiro atoms. The molecule has 0 bridgehead atoms.